The highest BCUT2D eigenvalue weighted by Gasteiger charge is 2.10. The molecule has 0 atom stereocenters. The fourth-order valence-electron chi connectivity index (χ4n) is 1.80. The molecular weight excluding hydrogens is 262 g/mol. The summed E-state index contributed by atoms with van der Waals surface area (Å²) in [5, 5.41) is 18.8. The third-order valence-electron chi connectivity index (χ3n) is 2.80. The Hall–Kier alpha value is -1.24. The second-order valence-electron chi connectivity index (χ2n) is 4.50. The zero-order chi connectivity index (χ0) is 13.5. The molecule has 0 aliphatic heterocycles. The SMILES string of the molecule is CN(CCCCCO)Cc1nnc(-c2cccs2)o1. The number of rotatable bonds is 8. The van der Waals surface area contributed by atoms with Crippen LogP contribution in [0, 0.1) is 0 Å². The molecule has 1 N–H and O–H groups in total. The molecule has 0 aliphatic rings. The highest BCUT2D eigenvalue weighted by atomic mass is 32.1. The molecule has 0 saturated carbocycles. The molecule has 2 aromatic rings. The smallest absolute Gasteiger partial charge is 0.257 e. The molecule has 6 heteroatoms. The molecule has 0 unspecified atom stereocenters. The summed E-state index contributed by atoms with van der Waals surface area (Å²) >= 11 is 1.59. The van der Waals surface area contributed by atoms with Gasteiger partial charge in [-0.3, -0.25) is 4.90 Å². The first kappa shape index (κ1) is 14.2. The van der Waals surface area contributed by atoms with Crippen LogP contribution in [0.15, 0.2) is 21.9 Å². The Kier molecular flexibility index (Phi) is 5.50. The van der Waals surface area contributed by atoms with Gasteiger partial charge < -0.3 is 9.52 Å². The fourth-order valence-corrected chi connectivity index (χ4v) is 2.44. The summed E-state index contributed by atoms with van der Waals surface area (Å²) in [7, 11) is 2.04. The summed E-state index contributed by atoms with van der Waals surface area (Å²) in [5.41, 5.74) is 0. The Bertz CT molecular complexity index is 470. The van der Waals surface area contributed by atoms with Gasteiger partial charge in [-0.05, 0) is 44.3 Å². The molecule has 0 spiro atoms. The van der Waals surface area contributed by atoms with Gasteiger partial charge in [-0.1, -0.05) is 6.07 Å². The fraction of sp³-hybridized carbons (Fsp3) is 0.538. The van der Waals surface area contributed by atoms with Crippen LogP contribution in [0.2, 0.25) is 0 Å². The molecule has 104 valence electrons. The topological polar surface area (TPSA) is 62.4 Å². The molecule has 2 rings (SSSR count). The molecule has 0 amide bonds. The highest BCUT2D eigenvalue weighted by Crippen LogP contribution is 2.23. The predicted molar refractivity (Wildman–Crippen MR) is 74.9 cm³/mol. The number of hydrogen-bond donors (Lipinski definition) is 1. The summed E-state index contributed by atoms with van der Waals surface area (Å²) in [6, 6.07) is 3.94. The Morgan fingerprint density at radius 3 is 2.95 bits per heavy atom. The van der Waals surface area contributed by atoms with Gasteiger partial charge in [0, 0.05) is 6.61 Å². The van der Waals surface area contributed by atoms with E-state index in [1.165, 1.54) is 0 Å². The maximum absolute atomic E-state index is 8.71. The van der Waals surface area contributed by atoms with Gasteiger partial charge in [0.25, 0.3) is 5.89 Å². The van der Waals surface area contributed by atoms with Gasteiger partial charge >= 0.3 is 0 Å². The average molecular weight is 281 g/mol. The molecular formula is C13H19N3O2S. The van der Waals surface area contributed by atoms with E-state index in [1.54, 1.807) is 11.3 Å². The van der Waals surface area contributed by atoms with Gasteiger partial charge in [0.1, 0.15) is 0 Å². The van der Waals surface area contributed by atoms with Gasteiger partial charge in [0.15, 0.2) is 0 Å². The first-order valence-corrected chi connectivity index (χ1v) is 7.33. The molecule has 2 heterocycles. The quantitative estimate of drug-likeness (QED) is 0.753. The largest absolute Gasteiger partial charge is 0.419 e. The maximum atomic E-state index is 8.71. The van der Waals surface area contributed by atoms with Crippen molar-refractivity contribution in [2.75, 3.05) is 20.2 Å². The Labute approximate surface area is 116 Å². The van der Waals surface area contributed by atoms with Crippen molar-refractivity contribution in [1.82, 2.24) is 15.1 Å². The van der Waals surface area contributed by atoms with E-state index < -0.39 is 0 Å². The lowest BCUT2D eigenvalue weighted by molar-refractivity contribution is 0.262. The van der Waals surface area contributed by atoms with Crippen molar-refractivity contribution in [3.8, 4) is 10.8 Å². The van der Waals surface area contributed by atoms with Crippen LogP contribution in [0.5, 0.6) is 0 Å². The minimum absolute atomic E-state index is 0.275. The summed E-state index contributed by atoms with van der Waals surface area (Å²) in [6.07, 6.45) is 2.99. The van der Waals surface area contributed by atoms with Crippen LogP contribution >= 0.6 is 11.3 Å². The number of unbranched alkanes of at least 4 members (excludes halogenated alkanes) is 2. The number of hydrogen-bond acceptors (Lipinski definition) is 6. The second-order valence-corrected chi connectivity index (χ2v) is 5.45. The lowest BCUT2D eigenvalue weighted by Crippen LogP contribution is -2.19. The van der Waals surface area contributed by atoms with Crippen molar-refractivity contribution in [1.29, 1.82) is 0 Å². The van der Waals surface area contributed by atoms with Crippen LogP contribution in [-0.4, -0.2) is 40.4 Å². The molecule has 2 aromatic heterocycles. The molecule has 19 heavy (non-hydrogen) atoms. The van der Waals surface area contributed by atoms with Crippen LogP contribution in [-0.2, 0) is 6.54 Å². The normalized spacial score (nSPS) is 11.3. The van der Waals surface area contributed by atoms with E-state index in [0.717, 1.165) is 30.7 Å². The zero-order valence-corrected chi connectivity index (χ0v) is 11.9. The lowest BCUT2D eigenvalue weighted by Gasteiger charge is -2.13. The predicted octanol–water partition coefficient (Wildman–Crippen LogP) is 2.39. The number of aliphatic hydroxyl groups is 1. The third-order valence-corrected chi connectivity index (χ3v) is 3.66. The molecule has 0 aliphatic carbocycles. The van der Waals surface area contributed by atoms with Crippen molar-refractivity contribution < 1.29 is 9.52 Å². The van der Waals surface area contributed by atoms with Crippen molar-refractivity contribution in [3.63, 3.8) is 0 Å². The van der Waals surface area contributed by atoms with Crippen LogP contribution in [0.4, 0.5) is 0 Å². The Morgan fingerprint density at radius 1 is 1.32 bits per heavy atom. The minimum atomic E-state index is 0.275. The van der Waals surface area contributed by atoms with Gasteiger partial charge in [0.2, 0.25) is 5.89 Å². The highest BCUT2D eigenvalue weighted by molar-refractivity contribution is 7.13. The van der Waals surface area contributed by atoms with Gasteiger partial charge in [-0.25, -0.2) is 0 Å². The van der Waals surface area contributed by atoms with Crippen molar-refractivity contribution in [3.05, 3.63) is 23.4 Å². The molecule has 0 fully saturated rings. The zero-order valence-electron chi connectivity index (χ0n) is 11.1. The molecule has 0 saturated heterocycles. The monoisotopic (exact) mass is 281 g/mol. The molecule has 0 aromatic carbocycles. The van der Waals surface area contributed by atoms with E-state index in [-0.39, 0.29) is 6.61 Å². The summed E-state index contributed by atoms with van der Waals surface area (Å²) in [5.74, 6) is 1.24. The number of thiophene rings is 1. The van der Waals surface area contributed by atoms with Gasteiger partial charge in [-0.15, -0.1) is 21.5 Å². The van der Waals surface area contributed by atoms with Crippen molar-refractivity contribution >= 4 is 11.3 Å². The van der Waals surface area contributed by atoms with E-state index in [9.17, 15) is 0 Å². The average Bonchev–Trinajstić information content (AvgIpc) is 3.04. The van der Waals surface area contributed by atoms with E-state index >= 15 is 0 Å². The van der Waals surface area contributed by atoms with Crippen LogP contribution in [0.1, 0.15) is 25.2 Å². The van der Waals surface area contributed by atoms with Crippen LogP contribution < -0.4 is 0 Å². The van der Waals surface area contributed by atoms with Gasteiger partial charge in [0.05, 0.1) is 11.4 Å². The number of aliphatic hydroxyl groups excluding tert-OH is 1. The van der Waals surface area contributed by atoms with Crippen LogP contribution in [0.25, 0.3) is 10.8 Å². The number of nitrogens with zero attached hydrogens (tertiary/aromatic N) is 3. The second kappa shape index (κ2) is 7.37. The summed E-state index contributed by atoms with van der Waals surface area (Å²) in [6.45, 7) is 1.91. The summed E-state index contributed by atoms with van der Waals surface area (Å²) < 4.78 is 5.63. The first-order chi connectivity index (χ1) is 9.29. The minimum Gasteiger partial charge on any atom is -0.419 e. The van der Waals surface area contributed by atoms with E-state index in [2.05, 4.69) is 15.1 Å². The lowest BCUT2D eigenvalue weighted by atomic mass is 10.2. The first-order valence-electron chi connectivity index (χ1n) is 6.45. The molecule has 0 radical (unpaired) electrons. The summed E-state index contributed by atoms with van der Waals surface area (Å²) in [4.78, 5) is 3.16. The van der Waals surface area contributed by atoms with Crippen LogP contribution in [0.3, 0.4) is 0 Å². The van der Waals surface area contributed by atoms with Crippen molar-refractivity contribution in [2.45, 2.75) is 25.8 Å². The molecule has 5 nitrogen and oxygen atoms in total. The standard InChI is InChI=1S/C13H19N3O2S/c1-16(7-3-2-4-8-17)10-12-14-15-13(18-12)11-6-5-9-19-11/h5-6,9,17H,2-4,7-8,10H2,1H3. The van der Waals surface area contributed by atoms with Crippen molar-refractivity contribution in [2.24, 2.45) is 0 Å². The third kappa shape index (κ3) is 4.41. The van der Waals surface area contributed by atoms with E-state index in [1.807, 2.05) is 24.6 Å². The number of aromatic nitrogens is 2. The Balaban J connectivity index is 1.79. The maximum Gasteiger partial charge on any atom is 0.257 e. The van der Waals surface area contributed by atoms with E-state index in [4.69, 9.17) is 9.52 Å². The van der Waals surface area contributed by atoms with E-state index in [0.29, 0.717) is 18.3 Å². The Morgan fingerprint density at radius 2 is 2.21 bits per heavy atom. The molecule has 0 bridgehead atoms. The van der Waals surface area contributed by atoms with Gasteiger partial charge in [-0.2, -0.15) is 0 Å².